The van der Waals surface area contributed by atoms with Crippen LogP contribution in [0.3, 0.4) is 0 Å². The molecule has 0 fully saturated rings. The van der Waals surface area contributed by atoms with Gasteiger partial charge in [-0.15, -0.1) is 11.6 Å². The number of carboxylic acid groups (broad SMARTS) is 2. The quantitative estimate of drug-likeness (QED) is 0.364. The van der Waals surface area contributed by atoms with Crippen LogP contribution in [0.15, 0.2) is 0 Å². The van der Waals surface area contributed by atoms with Gasteiger partial charge in [0.2, 0.25) is 0 Å². The molecule has 0 radical (unpaired) electrons. The molecular formula is C6H12ClNNa2O4. The van der Waals surface area contributed by atoms with Crippen molar-refractivity contribution in [2.45, 2.75) is 13.8 Å². The fraction of sp³-hybridized carbons (Fsp3) is 0.667. The molecule has 0 aliphatic carbocycles. The molecule has 0 saturated carbocycles. The van der Waals surface area contributed by atoms with E-state index in [1.807, 2.05) is 0 Å². The second-order valence-corrected chi connectivity index (χ2v) is 1.84. The minimum Gasteiger partial charge on any atom is -0.550 e. The van der Waals surface area contributed by atoms with Gasteiger partial charge in [0.15, 0.2) is 0 Å². The van der Waals surface area contributed by atoms with E-state index in [0.29, 0.717) is 12.4 Å². The summed E-state index contributed by atoms with van der Waals surface area (Å²) < 4.78 is 0. The molecule has 0 aromatic rings. The fourth-order valence-electron chi connectivity index (χ4n) is 0. The SMILES string of the molecule is CC(=O)[O-].CC(=O)[O-].NCCCl.[Na+].[Na+]. The van der Waals surface area contributed by atoms with Gasteiger partial charge in [-0.2, -0.15) is 0 Å². The molecule has 0 unspecified atom stereocenters. The Kier molecular flexibility index (Phi) is 61.5. The van der Waals surface area contributed by atoms with Gasteiger partial charge in [0.25, 0.3) is 0 Å². The number of carbonyl (C=O) groups excluding carboxylic acids is 2. The predicted molar refractivity (Wildman–Crippen MR) is 41.1 cm³/mol. The van der Waals surface area contributed by atoms with Crippen molar-refractivity contribution in [2.75, 3.05) is 12.4 Å². The molecule has 0 aliphatic rings. The van der Waals surface area contributed by atoms with Crippen molar-refractivity contribution in [1.29, 1.82) is 0 Å². The van der Waals surface area contributed by atoms with E-state index >= 15 is 0 Å². The van der Waals surface area contributed by atoms with Crippen molar-refractivity contribution in [1.82, 2.24) is 0 Å². The Balaban J connectivity index is -0.0000000270. The Morgan fingerprint density at radius 3 is 1.21 bits per heavy atom. The number of nitrogens with two attached hydrogens (primary N) is 1. The first kappa shape index (κ1) is 29.5. The average Bonchev–Trinajstić information content (AvgIpc) is 1.85. The molecule has 0 aromatic carbocycles. The molecule has 0 heterocycles. The normalized spacial score (nSPS) is 5.71. The van der Waals surface area contributed by atoms with Gasteiger partial charge >= 0.3 is 59.1 Å². The molecular weight excluding hydrogens is 232 g/mol. The molecule has 2 N–H and O–H groups in total. The summed E-state index contributed by atoms with van der Waals surface area (Å²) in [5.41, 5.74) is 4.90. The average molecular weight is 244 g/mol. The number of alkyl halides is 1. The van der Waals surface area contributed by atoms with Gasteiger partial charge in [-0.05, 0) is 13.8 Å². The van der Waals surface area contributed by atoms with Crippen LogP contribution in [0.1, 0.15) is 13.8 Å². The molecule has 0 amide bonds. The number of carboxylic acids is 2. The Morgan fingerprint density at radius 2 is 1.21 bits per heavy atom. The number of aliphatic carboxylic acids is 2. The molecule has 74 valence electrons. The Morgan fingerprint density at radius 1 is 1.14 bits per heavy atom. The van der Waals surface area contributed by atoms with Crippen LogP contribution in [-0.4, -0.2) is 24.4 Å². The van der Waals surface area contributed by atoms with E-state index in [1.54, 1.807) is 0 Å². The maximum atomic E-state index is 8.89. The van der Waals surface area contributed by atoms with Gasteiger partial charge < -0.3 is 25.5 Å². The Labute approximate surface area is 133 Å². The van der Waals surface area contributed by atoms with E-state index in [9.17, 15) is 0 Å². The van der Waals surface area contributed by atoms with Gasteiger partial charge in [0.05, 0.1) is 0 Å². The first-order valence-electron chi connectivity index (χ1n) is 2.99. The van der Waals surface area contributed by atoms with Crippen LogP contribution in [0.25, 0.3) is 0 Å². The fourth-order valence-corrected chi connectivity index (χ4v) is 0. The summed E-state index contributed by atoms with van der Waals surface area (Å²) in [6.07, 6.45) is 0. The van der Waals surface area contributed by atoms with Gasteiger partial charge in [-0.1, -0.05) is 0 Å². The number of hydrogen-bond acceptors (Lipinski definition) is 5. The molecule has 0 aliphatic heterocycles. The first-order chi connectivity index (χ1) is 5.38. The maximum absolute atomic E-state index is 8.89. The summed E-state index contributed by atoms with van der Waals surface area (Å²) in [7, 11) is 0. The van der Waals surface area contributed by atoms with Gasteiger partial charge in [0.1, 0.15) is 0 Å². The van der Waals surface area contributed by atoms with Crippen molar-refractivity contribution >= 4 is 23.5 Å². The number of rotatable bonds is 1. The second kappa shape index (κ2) is 29.2. The van der Waals surface area contributed by atoms with Gasteiger partial charge in [-0.3, -0.25) is 0 Å². The molecule has 14 heavy (non-hydrogen) atoms. The smallest absolute Gasteiger partial charge is 0.550 e. The van der Waals surface area contributed by atoms with Crippen LogP contribution in [0, 0.1) is 0 Å². The van der Waals surface area contributed by atoms with Crippen molar-refractivity contribution in [3.8, 4) is 0 Å². The topological polar surface area (TPSA) is 106 Å². The minimum atomic E-state index is -1.08. The third kappa shape index (κ3) is 409. The number of carbonyl (C=O) groups is 2. The van der Waals surface area contributed by atoms with E-state index in [1.165, 1.54) is 0 Å². The number of hydrogen-bond donors (Lipinski definition) is 1. The minimum absolute atomic E-state index is 0. The second-order valence-electron chi connectivity index (χ2n) is 1.46. The summed E-state index contributed by atoms with van der Waals surface area (Å²) in [6.45, 7) is 2.53. The summed E-state index contributed by atoms with van der Waals surface area (Å²) in [5.74, 6) is -1.60. The van der Waals surface area contributed by atoms with E-state index in [4.69, 9.17) is 37.1 Å². The summed E-state index contributed by atoms with van der Waals surface area (Å²) >= 11 is 5.06. The standard InChI is InChI=1S/C2H6ClN.2C2H4O2.2Na/c3-1-2-4;2*1-2(3)4;;/h1-2,4H2;2*1H3,(H,3,4);;/q;;;2*+1/p-2. The molecule has 0 bridgehead atoms. The zero-order chi connectivity index (χ0) is 10.6. The van der Waals surface area contributed by atoms with Crippen LogP contribution in [0.5, 0.6) is 0 Å². The monoisotopic (exact) mass is 243 g/mol. The largest absolute Gasteiger partial charge is 1.00 e. The van der Waals surface area contributed by atoms with Crippen LogP contribution in [-0.2, 0) is 9.59 Å². The Hall–Kier alpha value is 1.19. The number of halogens is 1. The molecule has 0 atom stereocenters. The van der Waals surface area contributed by atoms with E-state index in [2.05, 4.69) is 0 Å². The van der Waals surface area contributed by atoms with Crippen molar-refractivity contribution in [3.05, 3.63) is 0 Å². The molecule has 0 spiro atoms. The predicted octanol–water partition coefficient (Wildman–Crippen LogP) is -8.30. The van der Waals surface area contributed by atoms with Crippen LogP contribution >= 0.6 is 11.6 Å². The van der Waals surface area contributed by atoms with E-state index in [0.717, 1.165) is 13.8 Å². The van der Waals surface area contributed by atoms with Crippen molar-refractivity contribution in [2.24, 2.45) is 5.73 Å². The third-order valence-electron chi connectivity index (χ3n) is 0.109. The van der Waals surface area contributed by atoms with Crippen molar-refractivity contribution in [3.63, 3.8) is 0 Å². The van der Waals surface area contributed by atoms with E-state index in [-0.39, 0.29) is 59.1 Å². The summed E-state index contributed by atoms with van der Waals surface area (Å²) in [4.78, 5) is 17.8. The Bertz CT molecular complexity index is 104. The van der Waals surface area contributed by atoms with E-state index < -0.39 is 11.9 Å². The third-order valence-corrected chi connectivity index (χ3v) is 0.327. The summed E-state index contributed by atoms with van der Waals surface area (Å²) in [6, 6.07) is 0. The molecule has 0 rings (SSSR count). The maximum Gasteiger partial charge on any atom is 1.00 e. The van der Waals surface area contributed by atoms with Gasteiger partial charge in [0, 0.05) is 24.4 Å². The van der Waals surface area contributed by atoms with Crippen LogP contribution in [0.2, 0.25) is 0 Å². The van der Waals surface area contributed by atoms with Gasteiger partial charge in [-0.25, -0.2) is 0 Å². The molecule has 0 saturated heterocycles. The van der Waals surface area contributed by atoms with Crippen LogP contribution in [0.4, 0.5) is 0 Å². The molecule has 0 aromatic heterocycles. The first-order valence-corrected chi connectivity index (χ1v) is 3.53. The zero-order valence-corrected chi connectivity index (χ0v) is 13.8. The van der Waals surface area contributed by atoms with Crippen molar-refractivity contribution < 1.29 is 78.9 Å². The molecule has 5 nitrogen and oxygen atoms in total. The van der Waals surface area contributed by atoms with Crippen LogP contribution < -0.4 is 75.1 Å². The zero-order valence-electron chi connectivity index (χ0n) is 9.00. The molecule has 8 heteroatoms. The summed E-state index contributed by atoms with van der Waals surface area (Å²) in [5, 5.41) is 17.8.